The van der Waals surface area contributed by atoms with Crippen LogP contribution in [0.1, 0.15) is 22.3 Å². The van der Waals surface area contributed by atoms with E-state index in [1.54, 1.807) is 24.1 Å². The summed E-state index contributed by atoms with van der Waals surface area (Å²) in [6, 6.07) is 24.7. The molecular formula is C30H34N4O3. The van der Waals surface area contributed by atoms with E-state index in [1.165, 1.54) is 5.69 Å². The fourth-order valence-electron chi connectivity index (χ4n) is 5.22. The predicted octanol–water partition coefficient (Wildman–Crippen LogP) is 3.60. The molecule has 0 saturated carbocycles. The van der Waals surface area contributed by atoms with Gasteiger partial charge < -0.3 is 15.0 Å². The Labute approximate surface area is 218 Å². The van der Waals surface area contributed by atoms with Crippen LogP contribution in [0.3, 0.4) is 0 Å². The Balaban J connectivity index is 1.11. The average molecular weight is 499 g/mol. The Morgan fingerprint density at radius 1 is 0.892 bits per heavy atom. The number of para-hydroxylation sites is 1. The lowest BCUT2D eigenvalue weighted by Gasteiger charge is -2.36. The number of anilines is 2. The molecule has 1 N–H and O–H groups in total. The van der Waals surface area contributed by atoms with Crippen LogP contribution in [0.2, 0.25) is 0 Å². The lowest BCUT2D eigenvalue weighted by Crippen LogP contribution is -2.49. The second-order valence-electron chi connectivity index (χ2n) is 9.56. The van der Waals surface area contributed by atoms with Crippen molar-refractivity contribution >= 4 is 23.2 Å². The second kappa shape index (κ2) is 11.5. The molecule has 0 unspecified atom stereocenters. The van der Waals surface area contributed by atoms with E-state index in [9.17, 15) is 9.59 Å². The van der Waals surface area contributed by atoms with Gasteiger partial charge in [-0.1, -0.05) is 36.4 Å². The Kier molecular flexibility index (Phi) is 7.70. The van der Waals surface area contributed by atoms with Gasteiger partial charge in [-0.15, -0.1) is 0 Å². The molecule has 2 amide bonds. The zero-order valence-corrected chi connectivity index (χ0v) is 21.3. The van der Waals surface area contributed by atoms with E-state index in [-0.39, 0.29) is 11.8 Å². The van der Waals surface area contributed by atoms with E-state index in [0.717, 1.165) is 56.1 Å². The maximum absolute atomic E-state index is 13.4. The minimum atomic E-state index is -0.529. The fourth-order valence-corrected chi connectivity index (χ4v) is 5.22. The van der Waals surface area contributed by atoms with Crippen molar-refractivity contribution in [2.75, 3.05) is 56.2 Å². The maximum Gasteiger partial charge on any atom is 0.259 e. The molecule has 0 bridgehead atoms. The monoisotopic (exact) mass is 498 g/mol. The van der Waals surface area contributed by atoms with E-state index < -0.39 is 6.04 Å². The van der Waals surface area contributed by atoms with Gasteiger partial charge in [-0.2, -0.15) is 0 Å². The van der Waals surface area contributed by atoms with Gasteiger partial charge in [0.1, 0.15) is 11.8 Å². The molecule has 37 heavy (non-hydrogen) atoms. The summed E-state index contributed by atoms with van der Waals surface area (Å²) in [5.41, 5.74) is 3.67. The van der Waals surface area contributed by atoms with Crippen LogP contribution in [0.4, 0.5) is 11.4 Å². The quantitative estimate of drug-likeness (QED) is 0.481. The highest BCUT2D eigenvalue weighted by Crippen LogP contribution is 2.33. The molecule has 0 aliphatic carbocycles. The van der Waals surface area contributed by atoms with Crippen molar-refractivity contribution < 1.29 is 14.3 Å². The number of carbonyl (C=O) groups excluding carboxylic acids is 2. The van der Waals surface area contributed by atoms with Crippen molar-refractivity contribution in [1.82, 2.24) is 10.2 Å². The van der Waals surface area contributed by atoms with E-state index in [4.69, 9.17) is 4.74 Å². The van der Waals surface area contributed by atoms with Gasteiger partial charge in [0.15, 0.2) is 0 Å². The molecule has 7 nitrogen and oxygen atoms in total. The number of amides is 2. The Bertz CT molecular complexity index is 1210. The van der Waals surface area contributed by atoms with Gasteiger partial charge in [-0.3, -0.25) is 19.4 Å². The number of benzene rings is 3. The summed E-state index contributed by atoms with van der Waals surface area (Å²) in [6.07, 6.45) is 1.41. The maximum atomic E-state index is 13.4. The van der Waals surface area contributed by atoms with Crippen molar-refractivity contribution in [3.8, 4) is 5.75 Å². The number of nitrogens with one attached hydrogen (secondary N) is 1. The van der Waals surface area contributed by atoms with Crippen LogP contribution in [0.15, 0.2) is 78.9 Å². The van der Waals surface area contributed by atoms with E-state index in [2.05, 4.69) is 27.2 Å². The third kappa shape index (κ3) is 5.62. The number of hydrogen-bond donors (Lipinski definition) is 1. The summed E-state index contributed by atoms with van der Waals surface area (Å²) in [5, 5.41) is 3.10. The Morgan fingerprint density at radius 2 is 1.59 bits per heavy atom. The van der Waals surface area contributed by atoms with Crippen LogP contribution in [0.5, 0.6) is 5.75 Å². The number of piperazine rings is 1. The smallest absolute Gasteiger partial charge is 0.259 e. The van der Waals surface area contributed by atoms with Gasteiger partial charge in [0.05, 0.1) is 7.11 Å². The molecule has 192 valence electrons. The van der Waals surface area contributed by atoms with Crippen LogP contribution in [0.25, 0.3) is 0 Å². The number of fused-ring (bicyclic) bond motifs is 1. The lowest BCUT2D eigenvalue weighted by atomic mass is 10.1. The van der Waals surface area contributed by atoms with Crippen molar-refractivity contribution in [2.45, 2.75) is 18.9 Å². The molecular weight excluding hydrogens is 464 g/mol. The van der Waals surface area contributed by atoms with Crippen LogP contribution < -0.4 is 19.9 Å². The lowest BCUT2D eigenvalue weighted by molar-refractivity contribution is -0.122. The van der Waals surface area contributed by atoms with Crippen LogP contribution in [-0.2, 0) is 11.2 Å². The summed E-state index contributed by atoms with van der Waals surface area (Å²) in [6.45, 7) is 5.49. The zero-order chi connectivity index (χ0) is 25.6. The first-order chi connectivity index (χ1) is 18.1. The molecule has 2 aliphatic rings. The van der Waals surface area contributed by atoms with Crippen molar-refractivity contribution in [2.24, 2.45) is 0 Å². The highest BCUT2D eigenvalue weighted by molar-refractivity contribution is 6.11. The van der Waals surface area contributed by atoms with Crippen LogP contribution in [0, 0.1) is 0 Å². The van der Waals surface area contributed by atoms with Crippen molar-refractivity contribution in [1.29, 1.82) is 0 Å². The zero-order valence-electron chi connectivity index (χ0n) is 21.3. The fraction of sp³-hybridized carbons (Fsp3) is 0.333. The molecule has 1 fully saturated rings. The first kappa shape index (κ1) is 24.8. The number of carbonyl (C=O) groups is 2. The molecule has 1 atom stereocenters. The molecule has 2 heterocycles. The summed E-state index contributed by atoms with van der Waals surface area (Å²) < 4.78 is 5.26. The van der Waals surface area contributed by atoms with Crippen molar-refractivity contribution in [3.63, 3.8) is 0 Å². The van der Waals surface area contributed by atoms with Crippen LogP contribution >= 0.6 is 0 Å². The van der Waals surface area contributed by atoms with Gasteiger partial charge >= 0.3 is 0 Å². The topological polar surface area (TPSA) is 65.1 Å². The SMILES string of the molecule is COc1ccc(N2CCN(CCCNC(=O)[C@@H]3Cc4ccccc4N3C(=O)c3ccccc3)CC2)cc1. The largest absolute Gasteiger partial charge is 0.497 e. The molecule has 2 aliphatic heterocycles. The highest BCUT2D eigenvalue weighted by atomic mass is 16.5. The predicted molar refractivity (Wildman–Crippen MR) is 146 cm³/mol. The minimum Gasteiger partial charge on any atom is -0.497 e. The third-order valence-electron chi connectivity index (χ3n) is 7.28. The first-order valence-corrected chi connectivity index (χ1v) is 13.0. The molecule has 7 heteroatoms. The van der Waals surface area contributed by atoms with Crippen LogP contribution in [-0.4, -0.2) is 69.1 Å². The molecule has 1 saturated heterocycles. The summed E-state index contributed by atoms with van der Waals surface area (Å²) in [4.78, 5) is 33.1. The van der Waals surface area contributed by atoms with Gasteiger partial charge in [0, 0.05) is 56.1 Å². The Morgan fingerprint density at radius 3 is 2.32 bits per heavy atom. The molecule has 3 aromatic rings. The summed E-state index contributed by atoms with van der Waals surface area (Å²) >= 11 is 0. The Hall–Kier alpha value is -3.84. The number of methoxy groups -OCH3 is 1. The highest BCUT2D eigenvalue weighted by Gasteiger charge is 2.38. The number of rotatable bonds is 8. The standard InChI is InChI=1S/C30H34N4O3/c1-37-26-14-12-25(13-15-26)33-20-18-32(19-21-33)17-7-16-31-29(35)28-22-24-10-5-6-11-27(24)34(28)30(36)23-8-3-2-4-9-23/h2-6,8-15,28H,7,16-22H2,1H3,(H,31,35)/t28-/m0/s1. The molecule has 0 radical (unpaired) electrons. The third-order valence-corrected chi connectivity index (χ3v) is 7.28. The second-order valence-corrected chi connectivity index (χ2v) is 9.56. The number of ether oxygens (including phenoxy) is 1. The molecule has 3 aromatic carbocycles. The van der Waals surface area contributed by atoms with Gasteiger partial charge in [0.2, 0.25) is 5.91 Å². The number of nitrogens with zero attached hydrogens (tertiary/aromatic N) is 3. The van der Waals surface area contributed by atoms with E-state index in [1.807, 2.05) is 54.6 Å². The van der Waals surface area contributed by atoms with E-state index in [0.29, 0.717) is 18.5 Å². The van der Waals surface area contributed by atoms with Crippen molar-refractivity contribution in [3.05, 3.63) is 90.0 Å². The number of hydrogen-bond acceptors (Lipinski definition) is 5. The normalized spacial score (nSPS) is 17.4. The van der Waals surface area contributed by atoms with Gasteiger partial charge in [-0.25, -0.2) is 0 Å². The van der Waals surface area contributed by atoms with Gasteiger partial charge in [0.25, 0.3) is 5.91 Å². The first-order valence-electron chi connectivity index (χ1n) is 13.0. The average Bonchev–Trinajstić information content (AvgIpc) is 3.35. The summed E-state index contributed by atoms with van der Waals surface area (Å²) in [5.74, 6) is 0.642. The molecule has 5 rings (SSSR count). The molecule has 0 spiro atoms. The molecule has 0 aromatic heterocycles. The minimum absolute atomic E-state index is 0.0928. The summed E-state index contributed by atoms with van der Waals surface area (Å²) in [7, 11) is 1.68. The van der Waals surface area contributed by atoms with E-state index >= 15 is 0 Å². The van der Waals surface area contributed by atoms with Gasteiger partial charge in [-0.05, 0) is 61.0 Å².